The number of anilines is 1. The molecule has 10 heteroatoms. The maximum Gasteiger partial charge on any atom is 0.276 e. The molecule has 0 unspecified atom stereocenters. The largest absolute Gasteiger partial charge is 0.470 e. The SMILES string of the molecule is Cc1nn(Cc2cccc(Cl)c2)c(C)c1NC(=O)c1ccn(COc2ccc(Cl)cc2Cl)n1. The molecule has 2 aromatic heterocycles. The van der Waals surface area contributed by atoms with Crippen molar-refractivity contribution in [2.75, 3.05) is 5.32 Å². The fourth-order valence-electron chi connectivity index (χ4n) is 3.30. The molecule has 4 aromatic rings. The number of aryl methyl sites for hydroxylation is 1. The van der Waals surface area contributed by atoms with E-state index in [2.05, 4.69) is 15.5 Å². The zero-order valence-electron chi connectivity index (χ0n) is 17.8. The van der Waals surface area contributed by atoms with Gasteiger partial charge in [0.1, 0.15) is 5.75 Å². The van der Waals surface area contributed by atoms with Gasteiger partial charge >= 0.3 is 0 Å². The van der Waals surface area contributed by atoms with Crippen LogP contribution in [0.4, 0.5) is 5.69 Å². The maximum atomic E-state index is 12.8. The van der Waals surface area contributed by atoms with Gasteiger partial charge in [0, 0.05) is 16.2 Å². The Morgan fingerprint density at radius 2 is 1.82 bits per heavy atom. The van der Waals surface area contributed by atoms with E-state index in [4.69, 9.17) is 39.5 Å². The molecule has 2 heterocycles. The molecule has 0 saturated heterocycles. The van der Waals surface area contributed by atoms with Gasteiger partial charge in [-0.3, -0.25) is 9.48 Å². The van der Waals surface area contributed by atoms with Crippen LogP contribution in [0.2, 0.25) is 15.1 Å². The van der Waals surface area contributed by atoms with Crippen LogP contribution in [0, 0.1) is 13.8 Å². The van der Waals surface area contributed by atoms with Crippen molar-refractivity contribution < 1.29 is 9.53 Å². The summed E-state index contributed by atoms with van der Waals surface area (Å²) >= 11 is 18.1. The number of amides is 1. The highest BCUT2D eigenvalue weighted by Crippen LogP contribution is 2.27. The molecular formula is C23H20Cl3N5O2. The van der Waals surface area contributed by atoms with E-state index in [1.807, 2.05) is 42.8 Å². The maximum absolute atomic E-state index is 12.8. The predicted octanol–water partition coefficient (Wildman–Crippen LogP) is 5.99. The molecule has 4 rings (SSSR count). The molecule has 2 aromatic carbocycles. The van der Waals surface area contributed by atoms with Crippen LogP contribution in [0.15, 0.2) is 54.7 Å². The predicted molar refractivity (Wildman–Crippen MR) is 130 cm³/mol. The Bertz CT molecular complexity index is 1320. The van der Waals surface area contributed by atoms with Crippen molar-refractivity contribution in [1.82, 2.24) is 19.6 Å². The van der Waals surface area contributed by atoms with Crippen molar-refractivity contribution in [3.8, 4) is 5.75 Å². The van der Waals surface area contributed by atoms with Crippen LogP contribution in [-0.4, -0.2) is 25.5 Å². The standard InChI is InChI=1S/C23H20Cl3N5O2/c1-14-22(15(2)31(28-14)12-16-4-3-5-17(24)10-16)27-23(32)20-8-9-30(29-20)13-33-21-7-6-18(25)11-19(21)26/h3-11H,12-13H2,1-2H3,(H,27,32). The highest BCUT2D eigenvalue weighted by atomic mass is 35.5. The highest BCUT2D eigenvalue weighted by Gasteiger charge is 2.17. The number of hydrogen-bond donors (Lipinski definition) is 1. The van der Waals surface area contributed by atoms with Crippen molar-refractivity contribution in [3.63, 3.8) is 0 Å². The number of halogens is 3. The van der Waals surface area contributed by atoms with Crippen LogP contribution in [0.1, 0.15) is 27.4 Å². The third kappa shape index (κ3) is 5.50. The Labute approximate surface area is 205 Å². The van der Waals surface area contributed by atoms with E-state index in [1.54, 1.807) is 30.5 Å². The van der Waals surface area contributed by atoms with Gasteiger partial charge in [-0.1, -0.05) is 46.9 Å². The molecular weight excluding hydrogens is 485 g/mol. The summed E-state index contributed by atoms with van der Waals surface area (Å²) in [6, 6.07) is 14.2. The van der Waals surface area contributed by atoms with E-state index in [1.165, 1.54) is 4.68 Å². The number of aromatic nitrogens is 4. The van der Waals surface area contributed by atoms with Gasteiger partial charge in [0.25, 0.3) is 5.91 Å². The average Bonchev–Trinajstić information content (AvgIpc) is 3.34. The Hall–Kier alpha value is -3.00. The lowest BCUT2D eigenvalue weighted by Crippen LogP contribution is -2.15. The minimum Gasteiger partial charge on any atom is -0.470 e. The lowest BCUT2D eigenvalue weighted by atomic mass is 10.2. The molecule has 0 saturated carbocycles. The molecule has 0 aliphatic rings. The minimum absolute atomic E-state index is 0.0876. The van der Waals surface area contributed by atoms with Crippen molar-refractivity contribution in [1.29, 1.82) is 0 Å². The van der Waals surface area contributed by atoms with Gasteiger partial charge in [-0.15, -0.1) is 0 Å². The number of nitrogens with zero attached hydrogens (tertiary/aromatic N) is 4. The average molecular weight is 505 g/mol. The first-order valence-electron chi connectivity index (χ1n) is 10.0. The molecule has 7 nitrogen and oxygen atoms in total. The Kier molecular flexibility index (Phi) is 6.93. The fraction of sp³-hybridized carbons (Fsp3) is 0.174. The van der Waals surface area contributed by atoms with Crippen LogP contribution in [-0.2, 0) is 13.3 Å². The third-order valence-electron chi connectivity index (χ3n) is 4.96. The van der Waals surface area contributed by atoms with Gasteiger partial charge in [0.2, 0.25) is 0 Å². The van der Waals surface area contributed by atoms with E-state index in [9.17, 15) is 4.79 Å². The van der Waals surface area contributed by atoms with Gasteiger partial charge in [0.15, 0.2) is 12.4 Å². The van der Waals surface area contributed by atoms with E-state index in [0.717, 1.165) is 11.3 Å². The molecule has 1 N–H and O–H groups in total. The first-order valence-corrected chi connectivity index (χ1v) is 11.1. The second-order valence-corrected chi connectivity index (χ2v) is 8.66. The van der Waals surface area contributed by atoms with E-state index in [-0.39, 0.29) is 18.3 Å². The lowest BCUT2D eigenvalue weighted by molar-refractivity contribution is 0.102. The zero-order chi connectivity index (χ0) is 23.5. The second-order valence-electron chi connectivity index (χ2n) is 7.38. The van der Waals surface area contributed by atoms with Gasteiger partial charge in [-0.05, 0) is 55.8 Å². The van der Waals surface area contributed by atoms with Gasteiger partial charge < -0.3 is 10.1 Å². The topological polar surface area (TPSA) is 74.0 Å². The first kappa shape index (κ1) is 23.2. The van der Waals surface area contributed by atoms with Crippen molar-refractivity contribution >= 4 is 46.4 Å². The van der Waals surface area contributed by atoms with Gasteiger partial charge in [0.05, 0.1) is 28.6 Å². The number of hydrogen-bond acceptors (Lipinski definition) is 4. The van der Waals surface area contributed by atoms with E-state index >= 15 is 0 Å². The fourth-order valence-corrected chi connectivity index (χ4v) is 3.98. The number of rotatable bonds is 7. The molecule has 0 atom stereocenters. The van der Waals surface area contributed by atoms with Crippen LogP contribution < -0.4 is 10.1 Å². The molecule has 0 radical (unpaired) electrons. The highest BCUT2D eigenvalue weighted by molar-refractivity contribution is 6.35. The molecule has 170 valence electrons. The molecule has 1 amide bonds. The number of carbonyl (C=O) groups is 1. The summed E-state index contributed by atoms with van der Waals surface area (Å²) in [5.41, 5.74) is 3.47. The van der Waals surface area contributed by atoms with Crippen LogP contribution in [0.5, 0.6) is 5.75 Å². The van der Waals surface area contributed by atoms with E-state index < -0.39 is 0 Å². The summed E-state index contributed by atoms with van der Waals surface area (Å²) < 4.78 is 8.99. The van der Waals surface area contributed by atoms with Gasteiger partial charge in [-0.2, -0.15) is 10.2 Å². The van der Waals surface area contributed by atoms with Crippen molar-refractivity contribution in [2.24, 2.45) is 0 Å². The summed E-state index contributed by atoms with van der Waals surface area (Å²) in [5.74, 6) is 0.132. The number of ether oxygens (including phenoxy) is 1. The monoisotopic (exact) mass is 503 g/mol. The molecule has 33 heavy (non-hydrogen) atoms. The summed E-state index contributed by atoms with van der Waals surface area (Å²) in [6.45, 7) is 4.38. The molecule has 0 bridgehead atoms. The third-order valence-corrected chi connectivity index (χ3v) is 5.73. The summed E-state index contributed by atoms with van der Waals surface area (Å²) in [6.07, 6.45) is 1.65. The molecule has 0 fully saturated rings. The number of carbonyl (C=O) groups excluding carboxylic acids is 1. The molecule has 0 aliphatic carbocycles. The van der Waals surface area contributed by atoms with Crippen LogP contribution in [0.3, 0.4) is 0 Å². The summed E-state index contributed by atoms with van der Waals surface area (Å²) in [4.78, 5) is 12.8. The van der Waals surface area contributed by atoms with Gasteiger partial charge in [-0.25, -0.2) is 4.68 Å². The van der Waals surface area contributed by atoms with E-state index in [0.29, 0.717) is 38.7 Å². The second kappa shape index (κ2) is 9.87. The van der Waals surface area contributed by atoms with Crippen LogP contribution in [0.25, 0.3) is 0 Å². The smallest absolute Gasteiger partial charge is 0.276 e. The quantitative estimate of drug-likeness (QED) is 0.335. The Morgan fingerprint density at radius 3 is 2.58 bits per heavy atom. The van der Waals surface area contributed by atoms with Crippen molar-refractivity contribution in [3.05, 3.63) is 92.4 Å². The lowest BCUT2D eigenvalue weighted by Gasteiger charge is -2.08. The number of benzene rings is 2. The normalized spacial score (nSPS) is 10.9. The first-order chi connectivity index (χ1) is 15.8. The number of nitrogens with one attached hydrogen (secondary N) is 1. The Balaban J connectivity index is 1.42. The molecule has 0 spiro atoms. The minimum atomic E-state index is -0.341. The van der Waals surface area contributed by atoms with Crippen LogP contribution >= 0.6 is 34.8 Å². The summed E-state index contributed by atoms with van der Waals surface area (Å²) in [5, 5.41) is 13.3. The summed E-state index contributed by atoms with van der Waals surface area (Å²) in [7, 11) is 0. The van der Waals surface area contributed by atoms with Crippen molar-refractivity contribution in [2.45, 2.75) is 27.1 Å². The Morgan fingerprint density at radius 1 is 1.03 bits per heavy atom. The zero-order valence-corrected chi connectivity index (χ0v) is 20.1. The molecule has 0 aliphatic heterocycles.